The first-order valence-electron chi connectivity index (χ1n) is 5.74. The standard InChI is InChI=1S/C11H11BrN2O2.C2H6/c1-5-10(11(15)14-2)6-3-7(12)8(13)4-9(6)16-5;1-2/h3-4H,13H2,1-2H3,(H,14,15);1-2H3. The van der Waals surface area contributed by atoms with E-state index in [1.807, 2.05) is 13.8 Å². The molecule has 0 bridgehead atoms. The number of furan rings is 1. The van der Waals surface area contributed by atoms with E-state index in [-0.39, 0.29) is 5.91 Å². The molecule has 0 atom stereocenters. The lowest BCUT2D eigenvalue weighted by atomic mass is 10.1. The Bertz CT molecular complexity index is 576. The molecule has 0 radical (unpaired) electrons. The van der Waals surface area contributed by atoms with E-state index in [1.165, 1.54) is 0 Å². The van der Waals surface area contributed by atoms with Gasteiger partial charge in [-0.05, 0) is 28.9 Å². The van der Waals surface area contributed by atoms with Crippen molar-refractivity contribution in [3.05, 3.63) is 27.9 Å². The average molecular weight is 313 g/mol. The van der Waals surface area contributed by atoms with Crippen LogP contribution in [0.1, 0.15) is 30.0 Å². The molecule has 1 aromatic heterocycles. The number of halogens is 1. The summed E-state index contributed by atoms with van der Waals surface area (Å²) in [6, 6.07) is 3.50. The van der Waals surface area contributed by atoms with Crippen LogP contribution < -0.4 is 11.1 Å². The lowest BCUT2D eigenvalue weighted by Gasteiger charge is -1.99. The fraction of sp³-hybridized carbons (Fsp3) is 0.308. The summed E-state index contributed by atoms with van der Waals surface area (Å²) < 4.78 is 6.25. The van der Waals surface area contributed by atoms with Crippen LogP contribution in [-0.2, 0) is 0 Å². The van der Waals surface area contributed by atoms with Gasteiger partial charge in [-0.2, -0.15) is 0 Å². The second-order valence-corrected chi connectivity index (χ2v) is 4.34. The van der Waals surface area contributed by atoms with E-state index < -0.39 is 0 Å². The molecular formula is C13H17BrN2O2. The second kappa shape index (κ2) is 5.91. The van der Waals surface area contributed by atoms with Gasteiger partial charge in [-0.15, -0.1) is 0 Å². The fourth-order valence-electron chi connectivity index (χ4n) is 1.66. The minimum atomic E-state index is -0.159. The molecule has 18 heavy (non-hydrogen) atoms. The van der Waals surface area contributed by atoms with Gasteiger partial charge < -0.3 is 15.5 Å². The number of carbonyl (C=O) groups is 1. The van der Waals surface area contributed by atoms with Crippen LogP contribution in [0.25, 0.3) is 11.0 Å². The zero-order chi connectivity index (χ0) is 13.9. The van der Waals surface area contributed by atoms with E-state index >= 15 is 0 Å². The third kappa shape index (κ3) is 2.51. The minimum absolute atomic E-state index is 0.159. The molecule has 0 fully saturated rings. The Labute approximate surface area is 115 Å². The van der Waals surface area contributed by atoms with Gasteiger partial charge in [0, 0.05) is 28.7 Å². The maximum absolute atomic E-state index is 11.7. The van der Waals surface area contributed by atoms with E-state index in [4.69, 9.17) is 10.2 Å². The van der Waals surface area contributed by atoms with E-state index in [9.17, 15) is 4.79 Å². The highest BCUT2D eigenvalue weighted by molar-refractivity contribution is 9.10. The van der Waals surface area contributed by atoms with Crippen LogP contribution >= 0.6 is 15.9 Å². The molecule has 98 valence electrons. The first-order valence-corrected chi connectivity index (χ1v) is 6.54. The Morgan fingerprint density at radius 2 is 2.00 bits per heavy atom. The summed E-state index contributed by atoms with van der Waals surface area (Å²) in [5.74, 6) is 0.430. The lowest BCUT2D eigenvalue weighted by molar-refractivity contribution is 0.0963. The van der Waals surface area contributed by atoms with E-state index in [1.54, 1.807) is 26.1 Å². The zero-order valence-electron chi connectivity index (χ0n) is 10.9. The third-order valence-corrected chi connectivity index (χ3v) is 3.12. The maximum atomic E-state index is 11.7. The quantitative estimate of drug-likeness (QED) is 0.792. The summed E-state index contributed by atoms with van der Waals surface area (Å²) in [5.41, 5.74) is 7.51. The van der Waals surface area contributed by atoms with Gasteiger partial charge in [-0.25, -0.2) is 0 Å². The van der Waals surface area contributed by atoms with E-state index in [2.05, 4.69) is 21.2 Å². The first kappa shape index (κ1) is 14.6. The molecule has 0 saturated carbocycles. The molecule has 0 aliphatic carbocycles. The minimum Gasteiger partial charge on any atom is -0.460 e. The normalized spacial score (nSPS) is 9.83. The molecule has 1 aromatic carbocycles. The van der Waals surface area contributed by atoms with Crippen molar-refractivity contribution in [3.63, 3.8) is 0 Å². The van der Waals surface area contributed by atoms with Gasteiger partial charge in [0.2, 0.25) is 0 Å². The molecule has 3 N–H and O–H groups in total. The van der Waals surface area contributed by atoms with Crippen LogP contribution in [0.3, 0.4) is 0 Å². The van der Waals surface area contributed by atoms with Crippen molar-refractivity contribution >= 4 is 38.5 Å². The predicted molar refractivity (Wildman–Crippen MR) is 77.8 cm³/mol. The van der Waals surface area contributed by atoms with Crippen LogP contribution in [0.5, 0.6) is 0 Å². The summed E-state index contributed by atoms with van der Waals surface area (Å²) in [5, 5.41) is 3.35. The number of nitrogens with two attached hydrogens (primary N) is 1. The monoisotopic (exact) mass is 312 g/mol. The topological polar surface area (TPSA) is 68.3 Å². The van der Waals surface area contributed by atoms with Gasteiger partial charge in [0.05, 0.1) is 5.56 Å². The van der Waals surface area contributed by atoms with Crippen molar-refractivity contribution < 1.29 is 9.21 Å². The number of hydrogen-bond donors (Lipinski definition) is 2. The number of amides is 1. The molecule has 2 rings (SSSR count). The number of benzene rings is 1. The first-order chi connectivity index (χ1) is 8.54. The summed E-state index contributed by atoms with van der Waals surface area (Å²) in [7, 11) is 1.59. The largest absolute Gasteiger partial charge is 0.460 e. The zero-order valence-corrected chi connectivity index (χ0v) is 12.5. The molecular weight excluding hydrogens is 296 g/mol. The van der Waals surface area contributed by atoms with E-state index in [0.717, 1.165) is 9.86 Å². The Morgan fingerprint density at radius 1 is 1.39 bits per heavy atom. The summed E-state index contributed by atoms with van der Waals surface area (Å²) in [6.45, 7) is 5.76. The summed E-state index contributed by atoms with van der Waals surface area (Å²) in [6.07, 6.45) is 0. The SMILES string of the molecule is CC.CNC(=O)c1c(C)oc2cc(N)c(Br)cc12. The molecule has 0 saturated heterocycles. The summed E-state index contributed by atoms with van der Waals surface area (Å²) >= 11 is 3.33. The van der Waals surface area contributed by atoms with Crippen molar-refractivity contribution in [2.45, 2.75) is 20.8 Å². The van der Waals surface area contributed by atoms with Crippen LogP contribution in [0.4, 0.5) is 5.69 Å². The number of aryl methyl sites for hydroxylation is 1. The molecule has 1 heterocycles. The second-order valence-electron chi connectivity index (χ2n) is 3.48. The molecule has 0 aliphatic rings. The molecule has 2 aromatic rings. The van der Waals surface area contributed by atoms with Crippen LogP contribution in [-0.4, -0.2) is 13.0 Å². The highest BCUT2D eigenvalue weighted by atomic mass is 79.9. The van der Waals surface area contributed by atoms with Crippen LogP contribution in [0.2, 0.25) is 0 Å². The number of carbonyl (C=O) groups excluding carboxylic acids is 1. The van der Waals surface area contributed by atoms with Gasteiger partial charge in [0.15, 0.2) is 0 Å². The Morgan fingerprint density at radius 3 is 2.56 bits per heavy atom. The van der Waals surface area contributed by atoms with Crippen molar-refractivity contribution in [1.82, 2.24) is 5.32 Å². The number of nitrogens with one attached hydrogen (secondary N) is 1. The smallest absolute Gasteiger partial charge is 0.255 e. The van der Waals surface area contributed by atoms with Crippen molar-refractivity contribution in [1.29, 1.82) is 0 Å². The van der Waals surface area contributed by atoms with Gasteiger partial charge in [-0.3, -0.25) is 4.79 Å². The number of anilines is 1. The number of nitrogen functional groups attached to an aromatic ring is 1. The van der Waals surface area contributed by atoms with Gasteiger partial charge in [-0.1, -0.05) is 13.8 Å². The summed E-state index contributed by atoms with van der Waals surface area (Å²) in [4.78, 5) is 11.7. The Hall–Kier alpha value is -1.49. The van der Waals surface area contributed by atoms with Crippen molar-refractivity contribution in [2.75, 3.05) is 12.8 Å². The molecule has 4 nitrogen and oxygen atoms in total. The molecule has 0 aliphatic heterocycles. The number of rotatable bonds is 1. The predicted octanol–water partition coefficient (Wildman–Crippen LogP) is 3.47. The third-order valence-electron chi connectivity index (χ3n) is 2.44. The maximum Gasteiger partial charge on any atom is 0.255 e. The van der Waals surface area contributed by atoms with Gasteiger partial charge in [0.1, 0.15) is 11.3 Å². The molecule has 0 unspecified atom stereocenters. The average Bonchev–Trinajstić information content (AvgIpc) is 2.67. The van der Waals surface area contributed by atoms with Crippen LogP contribution in [0, 0.1) is 6.92 Å². The van der Waals surface area contributed by atoms with Crippen molar-refractivity contribution in [3.8, 4) is 0 Å². The van der Waals surface area contributed by atoms with Gasteiger partial charge >= 0.3 is 0 Å². The lowest BCUT2D eigenvalue weighted by Crippen LogP contribution is -2.18. The Kier molecular flexibility index (Phi) is 4.78. The number of fused-ring (bicyclic) bond motifs is 1. The highest BCUT2D eigenvalue weighted by Gasteiger charge is 2.17. The Balaban J connectivity index is 0.000000771. The molecule has 0 spiro atoms. The molecule has 1 amide bonds. The fourth-order valence-corrected chi connectivity index (χ4v) is 2.01. The van der Waals surface area contributed by atoms with E-state index in [0.29, 0.717) is 22.6 Å². The van der Waals surface area contributed by atoms with Gasteiger partial charge in [0.25, 0.3) is 5.91 Å². The van der Waals surface area contributed by atoms with Crippen molar-refractivity contribution in [2.24, 2.45) is 0 Å². The number of hydrogen-bond acceptors (Lipinski definition) is 3. The molecule has 5 heteroatoms. The van der Waals surface area contributed by atoms with Crippen LogP contribution in [0.15, 0.2) is 21.0 Å². The highest BCUT2D eigenvalue weighted by Crippen LogP contribution is 2.31.